The fraction of sp³-hybridized carbons (Fsp3) is 0.412. The first kappa shape index (κ1) is 17.6. The number of nitrogens with zero attached hydrogens (tertiary/aromatic N) is 4. The summed E-state index contributed by atoms with van der Waals surface area (Å²) in [4.78, 5) is 9.02. The van der Waals surface area contributed by atoms with E-state index in [2.05, 4.69) is 37.6 Å². The van der Waals surface area contributed by atoms with E-state index in [9.17, 15) is 0 Å². The van der Waals surface area contributed by atoms with E-state index >= 15 is 0 Å². The molecule has 0 spiro atoms. The lowest BCUT2D eigenvalue weighted by molar-refractivity contribution is 0.418. The molecule has 1 saturated carbocycles. The van der Waals surface area contributed by atoms with Crippen molar-refractivity contribution in [2.24, 2.45) is 0 Å². The van der Waals surface area contributed by atoms with E-state index < -0.39 is 0 Å². The van der Waals surface area contributed by atoms with Gasteiger partial charge in [0, 0.05) is 29.5 Å². The first-order valence-corrected chi connectivity index (χ1v) is 8.26. The van der Waals surface area contributed by atoms with Crippen molar-refractivity contribution in [2.75, 3.05) is 7.05 Å². The number of likely N-dealkylation sites (N-methyl/N-ethyl adjacent to an activating group) is 1. The highest BCUT2D eigenvalue weighted by Crippen LogP contribution is 2.38. The molecule has 1 aliphatic rings. The summed E-state index contributed by atoms with van der Waals surface area (Å²) in [5, 5.41) is 14.5. The Morgan fingerprint density at radius 3 is 2.60 bits per heavy atom. The Balaban J connectivity index is 0.00000182. The van der Waals surface area contributed by atoms with Gasteiger partial charge in [0.2, 0.25) is 0 Å². The molecule has 25 heavy (non-hydrogen) atoms. The maximum absolute atomic E-state index is 5.36. The van der Waals surface area contributed by atoms with Crippen molar-refractivity contribution in [3.63, 3.8) is 0 Å². The Morgan fingerprint density at radius 2 is 1.92 bits per heavy atom. The fourth-order valence-corrected chi connectivity index (χ4v) is 2.53. The van der Waals surface area contributed by atoms with Gasteiger partial charge < -0.3 is 9.84 Å². The number of benzene rings is 1. The van der Waals surface area contributed by atoms with E-state index in [0.29, 0.717) is 23.7 Å². The van der Waals surface area contributed by atoms with E-state index in [1.165, 1.54) is 12.8 Å². The molecule has 1 atom stereocenters. The third-order valence-corrected chi connectivity index (χ3v) is 4.31. The molecule has 1 fully saturated rings. The first-order chi connectivity index (χ1) is 11.7. The minimum Gasteiger partial charge on any atom is -0.334 e. The minimum absolute atomic E-state index is 0. The van der Waals surface area contributed by atoms with Crippen LogP contribution in [0.25, 0.3) is 22.8 Å². The van der Waals surface area contributed by atoms with Gasteiger partial charge in [0.1, 0.15) is 5.82 Å². The van der Waals surface area contributed by atoms with Crippen LogP contribution < -0.4 is 5.32 Å². The van der Waals surface area contributed by atoms with Crippen LogP contribution in [-0.2, 0) is 6.42 Å². The van der Waals surface area contributed by atoms with Gasteiger partial charge in [0.05, 0.1) is 0 Å². The second-order valence-corrected chi connectivity index (χ2v) is 6.31. The van der Waals surface area contributed by atoms with E-state index in [1.54, 1.807) is 0 Å². The molecule has 132 valence electrons. The average molecular weight is 361 g/mol. The number of halogens is 1. The molecule has 2 aromatic heterocycles. The van der Waals surface area contributed by atoms with Gasteiger partial charge in [-0.1, -0.05) is 17.3 Å². The van der Waals surface area contributed by atoms with Crippen LogP contribution in [0.2, 0.25) is 0 Å². The molecule has 1 aliphatic carbocycles. The summed E-state index contributed by atoms with van der Waals surface area (Å²) in [6.07, 6.45) is 3.15. The smallest absolute Gasteiger partial charge is 0.257 e. The number of aromatic amines is 1. The maximum atomic E-state index is 5.36. The molecule has 1 aromatic carbocycles. The molecule has 8 heteroatoms. The normalized spacial score (nSPS) is 15.0. The summed E-state index contributed by atoms with van der Waals surface area (Å²) in [5.41, 5.74) is 1.87. The van der Waals surface area contributed by atoms with Crippen LogP contribution in [0.15, 0.2) is 28.8 Å². The van der Waals surface area contributed by atoms with Crippen LogP contribution in [0.1, 0.15) is 37.3 Å². The summed E-state index contributed by atoms with van der Waals surface area (Å²) in [6.45, 7) is 2.08. The van der Waals surface area contributed by atoms with Crippen LogP contribution in [0.4, 0.5) is 0 Å². The highest BCUT2D eigenvalue weighted by atomic mass is 35.5. The van der Waals surface area contributed by atoms with Crippen molar-refractivity contribution < 1.29 is 4.52 Å². The molecule has 0 bridgehead atoms. The Bertz CT molecular complexity index is 824. The molecule has 4 rings (SSSR count). The zero-order valence-electron chi connectivity index (χ0n) is 14.2. The van der Waals surface area contributed by atoms with Crippen molar-refractivity contribution >= 4 is 12.4 Å². The van der Waals surface area contributed by atoms with Crippen molar-refractivity contribution in [1.29, 1.82) is 0 Å². The minimum atomic E-state index is 0. The lowest BCUT2D eigenvalue weighted by Crippen LogP contribution is -2.24. The standard InChI is InChI=1S/C17H20N6O.ClH/c1-10(18-2)9-14-19-17(24-23-14)13-7-5-12(6-8-13)16-20-15(21-22-16)11-3-4-11;/h5-8,10-11,18H,3-4,9H2,1-2H3,(H,20,21,22);1H. The van der Waals surface area contributed by atoms with Gasteiger partial charge in [0.25, 0.3) is 5.89 Å². The van der Waals surface area contributed by atoms with Gasteiger partial charge in [-0.25, -0.2) is 4.98 Å². The van der Waals surface area contributed by atoms with E-state index in [0.717, 1.165) is 29.2 Å². The Morgan fingerprint density at radius 1 is 1.20 bits per heavy atom. The molecular formula is C17H21ClN6O. The highest BCUT2D eigenvalue weighted by Gasteiger charge is 2.27. The summed E-state index contributed by atoms with van der Waals surface area (Å²) in [6, 6.07) is 8.19. The first-order valence-electron chi connectivity index (χ1n) is 8.26. The number of aromatic nitrogens is 5. The second-order valence-electron chi connectivity index (χ2n) is 6.31. The lowest BCUT2D eigenvalue weighted by atomic mass is 10.1. The number of rotatable bonds is 6. The van der Waals surface area contributed by atoms with Crippen molar-refractivity contribution in [2.45, 2.75) is 38.1 Å². The number of H-pyrrole nitrogens is 1. The van der Waals surface area contributed by atoms with Crippen molar-refractivity contribution in [3.05, 3.63) is 35.9 Å². The van der Waals surface area contributed by atoms with Crippen LogP contribution in [-0.4, -0.2) is 38.4 Å². The van der Waals surface area contributed by atoms with Crippen LogP contribution in [0.3, 0.4) is 0 Å². The SMILES string of the molecule is CNC(C)Cc1noc(-c2ccc(-c3n[nH]c(C4CC4)n3)cc2)n1.Cl. The molecule has 0 saturated heterocycles. The number of hydrogen-bond donors (Lipinski definition) is 2. The Hall–Kier alpha value is -2.25. The molecule has 2 N–H and O–H groups in total. The van der Waals surface area contributed by atoms with Gasteiger partial charge in [-0.15, -0.1) is 12.4 Å². The highest BCUT2D eigenvalue weighted by molar-refractivity contribution is 5.85. The Kier molecular flexibility index (Phi) is 5.15. The monoisotopic (exact) mass is 360 g/mol. The zero-order chi connectivity index (χ0) is 16.5. The van der Waals surface area contributed by atoms with Gasteiger partial charge in [-0.2, -0.15) is 10.1 Å². The topological polar surface area (TPSA) is 92.5 Å². The zero-order valence-corrected chi connectivity index (χ0v) is 15.0. The van der Waals surface area contributed by atoms with Gasteiger partial charge in [-0.3, -0.25) is 5.10 Å². The average Bonchev–Trinajstić information content (AvgIpc) is 3.16. The van der Waals surface area contributed by atoms with Gasteiger partial charge in [-0.05, 0) is 38.9 Å². The summed E-state index contributed by atoms with van der Waals surface area (Å²) >= 11 is 0. The predicted octanol–water partition coefficient (Wildman–Crippen LogP) is 2.97. The molecule has 0 radical (unpaired) electrons. The van der Waals surface area contributed by atoms with Gasteiger partial charge in [0.15, 0.2) is 11.6 Å². The molecule has 7 nitrogen and oxygen atoms in total. The van der Waals surface area contributed by atoms with Crippen LogP contribution >= 0.6 is 12.4 Å². The fourth-order valence-electron chi connectivity index (χ4n) is 2.53. The summed E-state index contributed by atoms with van der Waals surface area (Å²) in [7, 11) is 1.92. The summed E-state index contributed by atoms with van der Waals surface area (Å²) in [5.74, 6) is 3.54. The van der Waals surface area contributed by atoms with Gasteiger partial charge >= 0.3 is 0 Å². The molecule has 2 heterocycles. The molecule has 0 amide bonds. The maximum Gasteiger partial charge on any atom is 0.257 e. The third kappa shape index (κ3) is 3.88. The third-order valence-electron chi connectivity index (χ3n) is 4.31. The van der Waals surface area contributed by atoms with Crippen molar-refractivity contribution in [1.82, 2.24) is 30.6 Å². The predicted molar refractivity (Wildman–Crippen MR) is 96.6 cm³/mol. The van der Waals surface area contributed by atoms with Crippen LogP contribution in [0.5, 0.6) is 0 Å². The van der Waals surface area contributed by atoms with Crippen LogP contribution in [0, 0.1) is 0 Å². The van der Waals surface area contributed by atoms with E-state index in [1.807, 2.05) is 31.3 Å². The van der Waals surface area contributed by atoms with Crippen molar-refractivity contribution in [3.8, 4) is 22.8 Å². The molecule has 3 aromatic rings. The van der Waals surface area contributed by atoms with E-state index in [-0.39, 0.29) is 12.4 Å². The molecule has 1 unspecified atom stereocenters. The Labute approximate surface area is 152 Å². The quantitative estimate of drug-likeness (QED) is 0.702. The summed E-state index contributed by atoms with van der Waals surface area (Å²) < 4.78 is 5.36. The molecular weight excluding hydrogens is 340 g/mol. The largest absolute Gasteiger partial charge is 0.334 e. The molecule has 0 aliphatic heterocycles. The number of nitrogens with one attached hydrogen (secondary N) is 2. The van der Waals surface area contributed by atoms with E-state index in [4.69, 9.17) is 4.52 Å². The lowest BCUT2D eigenvalue weighted by Gasteiger charge is -2.04. The number of hydrogen-bond acceptors (Lipinski definition) is 6. The second kappa shape index (κ2) is 7.33.